The van der Waals surface area contributed by atoms with Gasteiger partial charge in [-0.25, -0.2) is 23.5 Å². The lowest BCUT2D eigenvalue weighted by molar-refractivity contribution is -0.139. The Balaban J connectivity index is 1.85. The summed E-state index contributed by atoms with van der Waals surface area (Å²) in [6.45, 7) is 3.59. The number of methoxy groups -OCH3 is 1. The van der Waals surface area contributed by atoms with Crippen molar-refractivity contribution < 1.29 is 19.4 Å². The molecule has 0 saturated heterocycles. The van der Waals surface area contributed by atoms with E-state index in [9.17, 15) is 24.3 Å². The van der Waals surface area contributed by atoms with E-state index in [-0.39, 0.29) is 36.0 Å². The molecule has 4 atom stereocenters. The average Bonchev–Trinajstić information content (AvgIpc) is 3.05. The number of ether oxygens (including phenoxy) is 1. The molecule has 2 aliphatic carbocycles. The molecule has 9 nitrogen and oxygen atoms in total. The number of phenolic OH excluding ortho intramolecular Hbond substituents is 1. The van der Waals surface area contributed by atoms with E-state index < -0.39 is 34.7 Å². The number of phenols is 1. The number of aromatic hydroxyl groups is 1. The number of hydrogen-bond donors (Lipinski definition) is 1. The molecule has 5 rings (SSSR count). The average molecular weight is 609 g/mol. The Kier molecular flexibility index (Phi) is 5.45. The SMILES string of the molecule is COc1cc([C@H]2C3=CCn4c(=O)n(C)c(=O)n4[C@@H]3C[C@H]3C(=O)C=C(C)C(=O)[C@@]23C)c(Br)c(Br)c1O. The summed E-state index contributed by atoms with van der Waals surface area (Å²) in [5, 5.41) is 10.5. The number of Topliss-reactive ketones (excluding diaryl/α,β-unsaturated/α-hetero) is 1. The number of aromatic nitrogens is 3. The normalized spacial score (nSPS) is 27.5. The van der Waals surface area contributed by atoms with Gasteiger partial charge in [0, 0.05) is 23.4 Å². The van der Waals surface area contributed by atoms with Crippen LogP contribution in [0.5, 0.6) is 11.5 Å². The molecule has 1 fully saturated rings. The van der Waals surface area contributed by atoms with E-state index >= 15 is 0 Å². The van der Waals surface area contributed by atoms with Crippen LogP contribution >= 0.6 is 31.9 Å². The van der Waals surface area contributed by atoms with Crippen LogP contribution in [0.4, 0.5) is 0 Å². The Labute approximate surface area is 216 Å². The molecule has 0 spiro atoms. The third-order valence-electron chi connectivity index (χ3n) is 7.80. The van der Waals surface area contributed by atoms with Gasteiger partial charge in [0.1, 0.15) is 0 Å². The van der Waals surface area contributed by atoms with Gasteiger partial charge in [-0.2, -0.15) is 0 Å². The molecule has 1 N–H and O–H groups in total. The van der Waals surface area contributed by atoms with Crippen molar-refractivity contribution in [3.63, 3.8) is 0 Å². The maximum atomic E-state index is 13.8. The Morgan fingerprint density at radius 2 is 1.83 bits per heavy atom. The first-order valence-electron chi connectivity index (χ1n) is 11.0. The summed E-state index contributed by atoms with van der Waals surface area (Å²) in [7, 11) is 2.85. The molecule has 184 valence electrons. The number of fused-ring (bicyclic) bond motifs is 4. The van der Waals surface area contributed by atoms with Gasteiger partial charge in [-0.3, -0.25) is 9.59 Å². The van der Waals surface area contributed by atoms with E-state index in [4.69, 9.17) is 4.74 Å². The molecule has 1 aromatic heterocycles. The highest BCUT2D eigenvalue weighted by Crippen LogP contribution is 2.61. The number of rotatable bonds is 2. The third-order valence-corrected chi connectivity index (χ3v) is 9.96. The van der Waals surface area contributed by atoms with Crippen LogP contribution in [0.15, 0.2) is 47.9 Å². The maximum Gasteiger partial charge on any atom is 0.347 e. The fourth-order valence-corrected chi connectivity index (χ4v) is 7.04. The third kappa shape index (κ3) is 3.03. The van der Waals surface area contributed by atoms with Gasteiger partial charge in [-0.05, 0) is 74.1 Å². The van der Waals surface area contributed by atoms with Gasteiger partial charge in [0.05, 0.1) is 29.6 Å². The Bertz CT molecular complexity index is 1510. The van der Waals surface area contributed by atoms with E-state index in [1.807, 2.05) is 6.08 Å². The van der Waals surface area contributed by atoms with Gasteiger partial charge in [-0.15, -0.1) is 0 Å². The summed E-state index contributed by atoms with van der Waals surface area (Å²) in [5.41, 5.74) is -0.283. The maximum absolute atomic E-state index is 13.8. The lowest BCUT2D eigenvalue weighted by atomic mass is 9.51. The van der Waals surface area contributed by atoms with Crippen LogP contribution in [0.1, 0.15) is 37.8 Å². The second kappa shape index (κ2) is 7.92. The quantitative estimate of drug-likeness (QED) is 0.525. The van der Waals surface area contributed by atoms with Crippen LogP contribution in [0, 0.1) is 11.3 Å². The first kappa shape index (κ1) is 24.1. The molecule has 2 aromatic rings. The standard InChI is InChI=1S/C24H23Br2N3O6/c1-10-7-15(30)13-9-14-11(5-6-28-22(33)27(3)23(34)29(14)28)17(24(13,2)21(10)32)12-8-16(35-4)20(31)19(26)18(12)25/h5,7-8,13-14,17,31H,6,9H2,1-4H3/t13-,14+,17+,24+/m0/s1. The first-order valence-corrected chi connectivity index (χ1v) is 12.6. The second-order valence-corrected chi connectivity index (χ2v) is 11.1. The highest BCUT2D eigenvalue weighted by Gasteiger charge is 2.60. The highest BCUT2D eigenvalue weighted by molar-refractivity contribution is 9.13. The van der Waals surface area contributed by atoms with Crippen molar-refractivity contribution in [2.75, 3.05) is 7.11 Å². The molecule has 2 heterocycles. The van der Waals surface area contributed by atoms with Gasteiger partial charge in [0.25, 0.3) is 0 Å². The molecule has 0 radical (unpaired) electrons. The Hall–Kier alpha value is -2.66. The summed E-state index contributed by atoms with van der Waals surface area (Å²) in [6, 6.07) is 1.06. The number of carbonyl (C=O) groups excluding carboxylic acids is 2. The van der Waals surface area contributed by atoms with Crippen LogP contribution in [-0.4, -0.2) is 37.7 Å². The molecule has 35 heavy (non-hydrogen) atoms. The van der Waals surface area contributed by atoms with Crippen LogP contribution in [0.3, 0.4) is 0 Å². The zero-order valence-corrected chi connectivity index (χ0v) is 22.6. The fourth-order valence-electron chi connectivity index (χ4n) is 6.09. The summed E-state index contributed by atoms with van der Waals surface area (Å²) in [4.78, 5) is 52.9. The van der Waals surface area contributed by atoms with Crippen LogP contribution < -0.4 is 16.1 Å². The summed E-state index contributed by atoms with van der Waals surface area (Å²) in [6.07, 6.45) is 3.47. The van der Waals surface area contributed by atoms with E-state index in [1.54, 1.807) is 19.9 Å². The molecule has 0 bridgehead atoms. The number of ketones is 2. The minimum atomic E-state index is -1.15. The Morgan fingerprint density at radius 1 is 1.14 bits per heavy atom. The van der Waals surface area contributed by atoms with Gasteiger partial charge in [0.15, 0.2) is 23.1 Å². The highest BCUT2D eigenvalue weighted by atomic mass is 79.9. The monoisotopic (exact) mass is 607 g/mol. The van der Waals surface area contributed by atoms with Gasteiger partial charge in [-0.1, -0.05) is 13.0 Å². The summed E-state index contributed by atoms with van der Waals surface area (Å²) < 4.78 is 10.1. The summed E-state index contributed by atoms with van der Waals surface area (Å²) >= 11 is 6.98. The summed E-state index contributed by atoms with van der Waals surface area (Å²) in [5.74, 6) is -1.59. The van der Waals surface area contributed by atoms with E-state index in [0.717, 1.165) is 10.1 Å². The first-order chi connectivity index (χ1) is 16.4. The minimum Gasteiger partial charge on any atom is -0.503 e. The van der Waals surface area contributed by atoms with Crippen LogP contribution in [0.2, 0.25) is 0 Å². The van der Waals surface area contributed by atoms with Crippen molar-refractivity contribution in [3.8, 4) is 11.5 Å². The molecule has 0 unspecified atom stereocenters. The van der Waals surface area contributed by atoms with Gasteiger partial charge >= 0.3 is 11.4 Å². The second-order valence-electron chi connectivity index (χ2n) is 9.48. The van der Waals surface area contributed by atoms with Crippen molar-refractivity contribution in [3.05, 3.63) is 64.8 Å². The molecule has 1 saturated carbocycles. The number of carbonyl (C=O) groups is 2. The lowest BCUT2D eigenvalue weighted by Crippen LogP contribution is -2.54. The van der Waals surface area contributed by atoms with Crippen molar-refractivity contribution in [2.24, 2.45) is 18.4 Å². The van der Waals surface area contributed by atoms with Gasteiger partial charge in [0.2, 0.25) is 0 Å². The van der Waals surface area contributed by atoms with Crippen molar-refractivity contribution in [2.45, 2.75) is 38.8 Å². The number of halogens is 2. The number of allylic oxidation sites excluding steroid dienone is 4. The number of benzene rings is 1. The van der Waals surface area contributed by atoms with E-state index in [0.29, 0.717) is 20.1 Å². The zero-order valence-electron chi connectivity index (χ0n) is 19.5. The van der Waals surface area contributed by atoms with E-state index in [2.05, 4.69) is 31.9 Å². The molecular weight excluding hydrogens is 586 g/mol. The molecule has 11 heteroatoms. The zero-order chi connectivity index (χ0) is 25.6. The smallest absolute Gasteiger partial charge is 0.347 e. The Morgan fingerprint density at radius 3 is 2.49 bits per heavy atom. The van der Waals surface area contributed by atoms with Crippen molar-refractivity contribution in [1.82, 2.24) is 13.9 Å². The lowest BCUT2D eigenvalue weighted by Gasteiger charge is -2.52. The predicted octanol–water partition coefficient (Wildman–Crippen LogP) is 2.98. The van der Waals surface area contributed by atoms with Gasteiger partial charge < -0.3 is 9.84 Å². The van der Waals surface area contributed by atoms with E-state index in [1.165, 1.54) is 29.6 Å². The minimum absolute atomic E-state index is 0.106. The molecule has 1 aliphatic heterocycles. The number of nitrogens with zero attached hydrogens (tertiary/aromatic N) is 3. The molecule has 0 amide bonds. The molecule has 3 aliphatic rings. The molecule has 1 aromatic carbocycles. The van der Waals surface area contributed by atoms with Crippen molar-refractivity contribution >= 4 is 43.4 Å². The van der Waals surface area contributed by atoms with Crippen LogP contribution in [-0.2, 0) is 23.2 Å². The topological polar surface area (TPSA) is 113 Å². The molecular formula is C24H23Br2N3O6. The van der Waals surface area contributed by atoms with Crippen molar-refractivity contribution in [1.29, 1.82) is 0 Å². The number of hydrogen-bond acceptors (Lipinski definition) is 6. The fraction of sp³-hybridized carbons (Fsp3) is 0.417. The largest absolute Gasteiger partial charge is 0.503 e. The van der Waals surface area contributed by atoms with Crippen LogP contribution in [0.25, 0.3) is 0 Å². The predicted molar refractivity (Wildman–Crippen MR) is 134 cm³/mol.